The molecule has 1 aliphatic carbocycles. The van der Waals surface area contributed by atoms with E-state index in [4.69, 9.17) is 21.3 Å². The lowest BCUT2D eigenvalue weighted by molar-refractivity contribution is -0.111. The number of ether oxygens (including phenoxy) is 1. The molecule has 138 valence electrons. The fraction of sp³-hybridized carbons (Fsp3) is 0.350. The van der Waals surface area contributed by atoms with Gasteiger partial charge in [0, 0.05) is 18.8 Å². The highest BCUT2D eigenvalue weighted by atomic mass is 35.5. The molecule has 0 aromatic heterocycles. The van der Waals surface area contributed by atoms with Crippen LogP contribution in [-0.2, 0) is 9.53 Å². The summed E-state index contributed by atoms with van der Waals surface area (Å²) in [5.41, 5.74) is 4.52. The highest BCUT2D eigenvalue weighted by molar-refractivity contribution is 6.49. The molecule has 26 heavy (non-hydrogen) atoms. The molecule has 1 aromatic rings. The van der Waals surface area contributed by atoms with Gasteiger partial charge in [0.1, 0.15) is 5.70 Å². The van der Waals surface area contributed by atoms with E-state index in [1.807, 2.05) is 13.0 Å². The molecule has 0 bridgehead atoms. The van der Waals surface area contributed by atoms with Crippen molar-refractivity contribution in [3.05, 3.63) is 46.1 Å². The van der Waals surface area contributed by atoms with Crippen molar-refractivity contribution in [1.29, 1.82) is 0 Å². The Labute approximate surface area is 159 Å². The molecule has 0 aliphatic heterocycles. The van der Waals surface area contributed by atoms with Crippen molar-refractivity contribution in [3.63, 3.8) is 0 Å². The first kappa shape index (κ1) is 19.9. The third-order valence-electron chi connectivity index (χ3n) is 4.27. The molecule has 0 amide bonds. The summed E-state index contributed by atoms with van der Waals surface area (Å²) < 4.78 is 4.80. The number of hydrogen-bond donors (Lipinski definition) is 0. The maximum Gasteiger partial charge on any atom is 0.223 e. The van der Waals surface area contributed by atoms with Crippen LogP contribution in [0.5, 0.6) is 0 Å². The standard InChI is InChI=1S/C20H24ClN3O2/c1-6-24(7-2)15-8-9-16(13(3)10-15)23-17-11-18(22-12-26-5)20(25)19(21)14(17)4/h8-12H,6-7H2,1-5H3. The summed E-state index contributed by atoms with van der Waals surface area (Å²) in [6.07, 6.45) is 2.84. The summed E-state index contributed by atoms with van der Waals surface area (Å²) in [7, 11) is 1.47. The molecule has 0 radical (unpaired) electrons. The second-order valence-corrected chi connectivity index (χ2v) is 6.29. The fourth-order valence-corrected chi connectivity index (χ4v) is 2.89. The van der Waals surface area contributed by atoms with Gasteiger partial charge in [0.25, 0.3) is 0 Å². The fourth-order valence-electron chi connectivity index (χ4n) is 2.70. The number of rotatable bonds is 6. The van der Waals surface area contributed by atoms with Gasteiger partial charge in [-0.2, -0.15) is 0 Å². The van der Waals surface area contributed by atoms with Crippen LogP contribution in [0.2, 0.25) is 0 Å². The summed E-state index contributed by atoms with van der Waals surface area (Å²) >= 11 is 6.18. The number of anilines is 1. The maximum atomic E-state index is 12.2. The summed E-state index contributed by atoms with van der Waals surface area (Å²) in [5.74, 6) is -0.329. The van der Waals surface area contributed by atoms with E-state index in [9.17, 15) is 4.79 Å². The van der Waals surface area contributed by atoms with Gasteiger partial charge in [0.2, 0.25) is 5.78 Å². The molecule has 0 atom stereocenters. The first-order valence-corrected chi connectivity index (χ1v) is 8.93. The number of benzene rings is 1. The molecule has 2 rings (SSSR count). The van der Waals surface area contributed by atoms with Crippen LogP contribution in [0.1, 0.15) is 26.3 Å². The zero-order chi connectivity index (χ0) is 19.3. The number of nitrogens with zero attached hydrogens (tertiary/aromatic N) is 3. The van der Waals surface area contributed by atoms with Crippen molar-refractivity contribution in [1.82, 2.24) is 0 Å². The van der Waals surface area contributed by atoms with Crippen molar-refractivity contribution in [2.45, 2.75) is 27.7 Å². The lowest BCUT2D eigenvalue weighted by Gasteiger charge is -2.22. The summed E-state index contributed by atoms with van der Waals surface area (Å²) in [4.78, 5) is 23.2. The van der Waals surface area contributed by atoms with Gasteiger partial charge >= 0.3 is 0 Å². The molecule has 5 nitrogen and oxygen atoms in total. The Morgan fingerprint density at radius 3 is 2.50 bits per heavy atom. The molecule has 0 spiro atoms. The minimum Gasteiger partial charge on any atom is -0.486 e. The SMILES string of the molecule is CCN(CC)c1ccc(N=C2C=C(N=COC)C(=O)C(Cl)=C2C)c(C)c1. The molecule has 6 heteroatoms. The normalized spacial score (nSPS) is 16.5. The third-order valence-corrected chi connectivity index (χ3v) is 4.72. The van der Waals surface area contributed by atoms with Crippen LogP contribution in [-0.4, -0.2) is 38.1 Å². The van der Waals surface area contributed by atoms with Crippen molar-refractivity contribution in [2.75, 3.05) is 25.1 Å². The molecule has 0 saturated heterocycles. The second kappa shape index (κ2) is 8.81. The summed E-state index contributed by atoms with van der Waals surface area (Å²) in [5, 5.41) is 0.131. The number of halogens is 1. The van der Waals surface area contributed by atoms with Crippen LogP contribution in [0.25, 0.3) is 0 Å². The summed E-state index contributed by atoms with van der Waals surface area (Å²) in [6.45, 7) is 9.98. The second-order valence-electron chi connectivity index (χ2n) is 5.91. The molecular formula is C20H24ClN3O2. The van der Waals surface area contributed by atoms with E-state index in [1.165, 1.54) is 19.2 Å². The third kappa shape index (κ3) is 4.22. The Hall–Kier alpha value is -2.40. The number of aryl methyl sites for hydroxylation is 1. The molecule has 0 N–H and O–H groups in total. The van der Waals surface area contributed by atoms with Gasteiger partial charge < -0.3 is 9.64 Å². The Kier molecular flexibility index (Phi) is 6.75. The average Bonchev–Trinajstić information content (AvgIpc) is 2.64. The Balaban J connectivity index is 2.45. The Morgan fingerprint density at radius 1 is 1.23 bits per heavy atom. The molecule has 0 unspecified atom stereocenters. The first-order valence-electron chi connectivity index (χ1n) is 8.55. The van der Waals surface area contributed by atoms with Crippen LogP contribution in [0.4, 0.5) is 11.4 Å². The number of hydrogen-bond acceptors (Lipinski definition) is 5. The number of ketones is 1. The topological polar surface area (TPSA) is 54.3 Å². The van der Waals surface area contributed by atoms with E-state index >= 15 is 0 Å². The first-order chi connectivity index (χ1) is 12.4. The van der Waals surface area contributed by atoms with Gasteiger partial charge in [-0.3, -0.25) is 4.79 Å². The zero-order valence-corrected chi connectivity index (χ0v) is 16.6. The Bertz CT molecular complexity index is 818. The van der Waals surface area contributed by atoms with Crippen LogP contribution in [0, 0.1) is 6.92 Å². The zero-order valence-electron chi connectivity index (χ0n) is 15.8. The van der Waals surface area contributed by atoms with E-state index in [2.05, 4.69) is 35.9 Å². The monoisotopic (exact) mass is 373 g/mol. The van der Waals surface area contributed by atoms with Crippen molar-refractivity contribution in [3.8, 4) is 0 Å². The van der Waals surface area contributed by atoms with Crippen molar-refractivity contribution < 1.29 is 9.53 Å². The van der Waals surface area contributed by atoms with Gasteiger partial charge in [-0.1, -0.05) is 11.6 Å². The summed E-state index contributed by atoms with van der Waals surface area (Å²) in [6, 6.07) is 6.16. The number of Topliss-reactive ketones (excluding diaryl/α,β-unsaturated/α-hetero) is 1. The van der Waals surface area contributed by atoms with Gasteiger partial charge in [-0.25, -0.2) is 9.98 Å². The highest BCUT2D eigenvalue weighted by Crippen LogP contribution is 2.29. The van der Waals surface area contributed by atoms with Crippen LogP contribution in [0.3, 0.4) is 0 Å². The number of methoxy groups -OCH3 is 1. The van der Waals surface area contributed by atoms with Gasteiger partial charge in [-0.05, 0) is 63.1 Å². The quantitative estimate of drug-likeness (QED) is 0.417. The van der Waals surface area contributed by atoms with E-state index in [1.54, 1.807) is 13.0 Å². The number of carbonyl (C=O) groups is 1. The molecular weight excluding hydrogens is 350 g/mol. The van der Waals surface area contributed by atoms with E-state index in [0.717, 1.165) is 24.3 Å². The molecule has 0 fully saturated rings. The van der Waals surface area contributed by atoms with Crippen LogP contribution >= 0.6 is 11.6 Å². The minimum atomic E-state index is -0.329. The lowest BCUT2D eigenvalue weighted by atomic mass is 10.0. The molecule has 1 aromatic carbocycles. The predicted octanol–water partition coefficient (Wildman–Crippen LogP) is 4.57. The Morgan fingerprint density at radius 2 is 1.92 bits per heavy atom. The minimum absolute atomic E-state index is 0.131. The highest BCUT2D eigenvalue weighted by Gasteiger charge is 2.23. The molecule has 0 heterocycles. The van der Waals surface area contributed by atoms with Gasteiger partial charge in [-0.15, -0.1) is 0 Å². The van der Waals surface area contributed by atoms with Crippen LogP contribution in [0.15, 0.2) is 50.6 Å². The lowest BCUT2D eigenvalue weighted by Crippen LogP contribution is -2.21. The van der Waals surface area contributed by atoms with E-state index in [0.29, 0.717) is 11.3 Å². The number of aliphatic imine (C=N–C) groups is 2. The van der Waals surface area contributed by atoms with E-state index < -0.39 is 0 Å². The van der Waals surface area contributed by atoms with Gasteiger partial charge in [0.05, 0.1) is 23.5 Å². The van der Waals surface area contributed by atoms with Crippen LogP contribution < -0.4 is 4.90 Å². The molecule has 1 aliphatic rings. The van der Waals surface area contributed by atoms with Crippen molar-refractivity contribution in [2.24, 2.45) is 9.98 Å². The molecule has 0 saturated carbocycles. The van der Waals surface area contributed by atoms with Crippen molar-refractivity contribution >= 4 is 40.9 Å². The number of allylic oxidation sites excluding steroid dienone is 3. The van der Waals surface area contributed by atoms with E-state index in [-0.39, 0.29) is 16.5 Å². The number of carbonyl (C=O) groups excluding carboxylic acids is 1. The maximum absolute atomic E-state index is 12.2. The largest absolute Gasteiger partial charge is 0.486 e. The smallest absolute Gasteiger partial charge is 0.223 e. The predicted molar refractivity (Wildman–Crippen MR) is 109 cm³/mol. The average molecular weight is 374 g/mol. The van der Waals surface area contributed by atoms with Gasteiger partial charge in [0.15, 0.2) is 6.40 Å².